The third-order valence-electron chi connectivity index (χ3n) is 11.5. The normalized spacial score (nSPS) is 11.4. The fourth-order valence-corrected chi connectivity index (χ4v) is 8.31. The van der Waals surface area contributed by atoms with Crippen LogP contribution < -0.4 is 28.9 Å². The summed E-state index contributed by atoms with van der Waals surface area (Å²) in [6.45, 7) is 0. The molecule has 2 aliphatic heterocycles. The van der Waals surface area contributed by atoms with E-state index in [1.54, 1.807) is 72.8 Å². The molecule has 0 amide bonds. The molecule has 4 N–H and O–H groups in total. The van der Waals surface area contributed by atoms with Crippen LogP contribution in [0, 0.1) is 0 Å². The van der Waals surface area contributed by atoms with E-state index < -0.39 is 23.9 Å². The van der Waals surface area contributed by atoms with Crippen molar-refractivity contribution in [2.24, 2.45) is 0 Å². The molecule has 342 valence electrons. The number of hydrogen-bond acceptors (Lipinski definition) is 10. The summed E-state index contributed by atoms with van der Waals surface area (Å²) in [5.74, 6) is -3.79. The van der Waals surface area contributed by atoms with Gasteiger partial charge in [-0.25, -0.2) is 29.1 Å². The molecule has 0 unspecified atom stereocenters. The topological polar surface area (TPSA) is 240 Å². The number of rotatable bonds is 12. The van der Waals surface area contributed by atoms with Crippen LogP contribution in [-0.4, -0.2) is 82.7 Å². The summed E-state index contributed by atoms with van der Waals surface area (Å²) in [6.07, 6.45) is 7.05. The van der Waals surface area contributed by atoms with Crippen LogP contribution in [0.25, 0.3) is 90.9 Å². The number of carboxylic acids is 4. The van der Waals surface area contributed by atoms with E-state index in [0.717, 1.165) is 0 Å². The van der Waals surface area contributed by atoms with Gasteiger partial charge in [-0.15, -0.1) is 22.1 Å². The van der Waals surface area contributed by atoms with Crippen molar-refractivity contribution in [1.82, 2.24) is 19.9 Å². The Hall–Kier alpha value is -8.92. The largest absolute Gasteiger partial charge is 3.00 e. The van der Waals surface area contributed by atoms with Gasteiger partial charge in [0.1, 0.15) is 23.0 Å². The SMILES string of the molecule is COc1cc(C(=O)O)ccc1-c1c2nc(c(-c3ccc(C(=O)O)cc3OC)c3ccc([n-]3)c(-c3ccc(C(=O)O)cc3OC)c3nc(c(-c4ccc(C(=O)O)cc4OC)c4ccc1[n-]4)C=C3)C=C2.[Mn+3]. The van der Waals surface area contributed by atoms with Crippen LogP contribution in [0.4, 0.5) is 0 Å². The van der Waals surface area contributed by atoms with Crippen LogP contribution >= 0.6 is 0 Å². The van der Waals surface area contributed by atoms with Crippen molar-refractivity contribution in [2.75, 3.05) is 28.4 Å². The van der Waals surface area contributed by atoms with E-state index in [-0.39, 0.29) is 62.3 Å². The van der Waals surface area contributed by atoms with Gasteiger partial charge < -0.3 is 49.3 Å². The number of ether oxygens (including phenoxy) is 4. The predicted octanol–water partition coefficient (Wildman–Crippen LogP) is 9.41. The van der Waals surface area contributed by atoms with Gasteiger partial charge in [0.15, 0.2) is 0 Å². The second-order valence-corrected chi connectivity index (χ2v) is 15.2. The van der Waals surface area contributed by atoms with Crippen LogP contribution in [0.3, 0.4) is 0 Å². The maximum absolute atomic E-state index is 12.1. The second kappa shape index (κ2) is 18.8. The second-order valence-electron chi connectivity index (χ2n) is 15.2. The van der Waals surface area contributed by atoms with Gasteiger partial charge in [-0.2, -0.15) is 0 Å². The van der Waals surface area contributed by atoms with Gasteiger partial charge in [-0.3, -0.25) is 0 Å². The molecule has 0 fully saturated rings. The number of fused-ring (bicyclic) bond motifs is 8. The Balaban J connectivity index is 0.00000642. The summed E-state index contributed by atoms with van der Waals surface area (Å²) >= 11 is 0. The number of carbonyl (C=O) groups is 4. The van der Waals surface area contributed by atoms with Gasteiger partial charge in [0.05, 0.1) is 73.5 Å². The maximum atomic E-state index is 12.1. The zero-order chi connectivity index (χ0) is 48.0. The summed E-state index contributed by atoms with van der Waals surface area (Å²) in [5.41, 5.74) is 6.61. The fourth-order valence-electron chi connectivity index (χ4n) is 8.31. The molecule has 0 spiro atoms. The molecule has 4 aromatic carbocycles. The minimum atomic E-state index is -1.16. The Morgan fingerprint density at radius 2 is 0.594 bits per heavy atom. The van der Waals surface area contributed by atoms with E-state index in [1.165, 1.54) is 77.0 Å². The van der Waals surface area contributed by atoms with Crippen LogP contribution in [-0.2, 0) is 17.1 Å². The molecule has 2 aliphatic rings. The summed E-state index contributed by atoms with van der Waals surface area (Å²) in [6, 6.07) is 24.9. The summed E-state index contributed by atoms with van der Waals surface area (Å²) in [7, 11) is 5.69. The number of benzene rings is 4. The van der Waals surface area contributed by atoms with E-state index in [2.05, 4.69) is 0 Å². The first-order valence-electron chi connectivity index (χ1n) is 20.5. The van der Waals surface area contributed by atoms with Gasteiger partial charge >= 0.3 is 40.9 Å². The maximum Gasteiger partial charge on any atom is 3.00 e. The van der Waals surface area contributed by atoms with E-state index in [4.69, 9.17) is 38.9 Å². The molecule has 0 aliphatic carbocycles. The van der Waals surface area contributed by atoms with Crippen LogP contribution in [0.1, 0.15) is 64.2 Å². The number of hydrogen-bond donors (Lipinski definition) is 4. The van der Waals surface area contributed by atoms with Crippen LogP contribution in [0.15, 0.2) is 97.1 Å². The molecule has 17 heteroatoms. The van der Waals surface area contributed by atoms with Crippen molar-refractivity contribution >= 4 is 70.2 Å². The van der Waals surface area contributed by atoms with Crippen molar-refractivity contribution in [1.29, 1.82) is 0 Å². The van der Waals surface area contributed by atoms with Crippen molar-refractivity contribution in [3.05, 3.63) is 142 Å². The first-order chi connectivity index (χ1) is 32.8. The number of aromatic carboxylic acids is 4. The molecule has 0 radical (unpaired) electrons. The molecule has 9 rings (SSSR count). The molecule has 0 saturated carbocycles. The summed E-state index contributed by atoms with van der Waals surface area (Å²) < 4.78 is 23.2. The van der Waals surface area contributed by atoms with E-state index >= 15 is 0 Å². The number of carboxylic acid groups (broad SMARTS) is 4. The standard InChI is InChI=1S/C52H38N4O12.Mn/c1-65-41-21-25(49(57)58)5-9-29(41)45-33-13-15-35(53-33)46(30-10-6-26(50(59)60)22-42(30)66-2)37-17-19-39(55-37)48(32-12-8-28(52(63)64)24-44(32)68-4)40-20-18-38(56-40)47(36-16-14-34(45)54-36)31-11-7-27(51(61)62)23-43(31)67-3;/h5-24H,1-4H3,(H6,53,54,55,56,57,58,59,60,61,62,63,64);/q;+3/p-2. The minimum Gasteiger partial charge on any atom is -0.657 e. The third-order valence-corrected chi connectivity index (χ3v) is 11.5. The van der Waals surface area contributed by atoms with Crippen molar-refractivity contribution in [3.8, 4) is 67.5 Å². The van der Waals surface area contributed by atoms with Gasteiger partial charge in [0.25, 0.3) is 0 Å². The summed E-state index contributed by atoms with van der Waals surface area (Å²) in [5, 5.41) is 39.7. The Morgan fingerprint density at radius 3 is 0.783 bits per heavy atom. The average molecular weight is 964 g/mol. The molecule has 0 atom stereocenters. The molecule has 16 nitrogen and oxygen atoms in total. The molecule has 7 aromatic rings. The first-order valence-corrected chi connectivity index (χ1v) is 20.5. The third kappa shape index (κ3) is 8.43. The number of nitrogens with zero attached hydrogens (tertiary/aromatic N) is 4. The number of aromatic nitrogens is 4. The quantitative estimate of drug-likeness (QED) is 0.0834. The molecular weight excluding hydrogens is 928 g/mol. The average Bonchev–Trinajstić information content (AvgIpc) is 4.20. The Kier molecular flexibility index (Phi) is 12.7. The Labute approximate surface area is 402 Å². The van der Waals surface area contributed by atoms with Gasteiger partial charge in [-0.05, 0) is 119 Å². The predicted molar refractivity (Wildman–Crippen MR) is 253 cm³/mol. The molecule has 69 heavy (non-hydrogen) atoms. The monoisotopic (exact) mass is 963 g/mol. The van der Waals surface area contributed by atoms with E-state index in [1.807, 2.05) is 0 Å². The molecule has 5 heterocycles. The van der Waals surface area contributed by atoms with Crippen molar-refractivity contribution in [3.63, 3.8) is 0 Å². The van der Waals surface area contributed by atoms with Crippen molar-refractivity contribution < 1.29 is 75.6 Å². The van der Waals surface area contributed by atoms with Crippen LogP contribution in [0.5, 0.6) is 23.0 Å². The van der Waals surface area contributed by atoms with Crippen molar-refractivity contribution in [2.45, 2.75) is 0 Å². The van der Waals surface area contributed by atoms with Gasteiger partial charge in [0.2, 0.25) is 0 Å². The van der Waals surface area contributed by atoms with Crippen LogP contribution in [0.2, 0.25) is 0 Å². The minimum absolute atomic E-state index is 0. The van der Waals surface area contributed by atoms with Gasteiger partial charge in [0, 0.05) is 22.3 Å². The number of methoxy groups -OCH3 is 4. The molecule has 8 bridgehead atoms. The smallest absolute Gasteiger partial charge is 0.657 e. The zero-order valence-electron chi connectivity index (χ0n) is 36.8. The molecule has 0 saturated heterocycles. The fraction of sp³-hybridized carbons (Fsp3) is 0.0769. The van der Waals surface area contributed by atoms with Gasteiger partial charge in [-0.1, -0.05) is 24.3 Å². The Bertz CT molecular complexity index is 3100. The molecule has 3 aromatic heterocycles. The molecular formula is C52H36MnN4O12+. The Morgan fingerprint density at radius 1 is 0.377 bits per heavy atom. The zero-order valence-corrected chi connectivity index (χ0v) is 37.9. The summed E-state index contributed by atoms with van der Waals surface area (Å²) in [4.78, 5) is 69.3. The van der Waals surface area contributed by atoms with E-state index in [0.29, 0.717) is 89.4 Å². The van der Waals surface area contributed by atoms with E-state index in [9.17, 15) is 39.6 Å². The first kappa shape index (κ1) is 46.6.